The van der Waals surface area contributed by atoms with Gasteiger partial charge in [0.1, 0.15) is 0 Å². The number of nitrogens with two attached hydrogens (primary N) is 1. The Bertz CT molecular complexity index is 391. The molecule has 1 unspecified atom stereocenters. The fourth-order valence-corrected chi connectivity index (χ4v) is 3.78. The molecular weight excluding hydrogens is 312 g/mol. The maximum atomic E-state index is 5.98. The molecule has 0 heterocycles. The van der Waals surface area contributed by atoms with E-state index in [1.54, 1.807) is 0 Å². The van der Waals surface area contributed by atoms with Gasteiger partial charge in [-0.1, -0.05) is 65.7 Å². The first-order chi connectivity index (χ1) is 8.70. The average Bonchev–Trinajstić information content (AvgIpc) is 2.38. The lowest BCUT2D eigenvalue weighted by molar-refractivity contribution is 0.300. The van der Waals surface area contributed by atoms with Crippen molar-refractivity contribution in [2.24, 2.45) is 11.8 Å². The van der Waals surface area contributed by atoms with Crippen LogP contribution in [0, 0.1) is 5.92 Å². The van der Waals surface area contributed by atoms with Gasteiger partial charge in [0.2, 0.25) is 0 Å². The van der Waals surface area contributed by atoms with Crippen LogP contribution in [0.4, 0.5) is 0 Å². The molecule has 18 heavy (non-hydrogen) atoms. The van der Waals surface area contributed by atoms with Gasteiger partial charge in [-0.05, 0) is 30.0 Å². The summed E-state index contributed by atoms with van der Waals surface area (Å²) >= 11 is 9.55. The third kappa shape index (κ3) is 3.70. The van der Waals surface area contributed by atoms with Gasteiger partial charge in [-0.25, -0.2) is 0 Å². The van der Waals surface area contributed by atoms with E-state index < -0.39 is 0 Å². The Balaban J connectivity index is 2.07. The molecule has 1 saturated carbocycles. The molecule has 2 rings (SSSR count). The summed E-state index contributed by atoms with van der Waals surface area (Å²) in [5.74, 6) is 6.52. The monoisotopic (exact) mass is 330 g/mol. The van der Waals surface area contributed by atoms with Crippen molar-refractivity contribution in [3.8, 4) is 0 Å². The van der Waals surface area contributed by atoms with Gasteiger partial charge in [-0.3, -0.25) is 11.3 Å². The summed E-state index contributed by atoms with van der Waals surface area (Å²) in [6.45, 7) is 0. The van der Waals surface area contributed by atoms with E-state index in [0.29, 0.717) is 0 Å². The van der Waals surface area contributed by atoms with E-state index in [-0.39, 0.29) is 6.04 Å². The second-order valence-electron chi connectivity index (χ2n) is 5.12. The molecule has 3 N–H and O–H groups in total. The molecule has 4 heteroatoms. The second kappa shape index (κ2) is 6.90. The minimum absolute atomic E-state index is 0.208. The number of halogens is 2. The minimum Gasteiger partial charge on any atom is -0.271 e. The Hall–Kier alpha value is -0.0900. The summed E-state index contributed by atoms with van der Waals surface area (Å²) < 4.78 is 1.04. The smallest absolute Gasteiger partial charge is 0.0473 e. The third-order valence-corrected chi connectivity index (χ3v) is 4.75. The molecule has 0 amide bonds. The second-order valence-corrected chi connectivity index (χ2v) is 6.42. The highest BCUT2D eigenvalue weighted by atomic mass is 79.9. The van der Waals surface area contributed by atoms with Crippen molar-refractivity contribution in [3.63, 3.8) is 0 Å². The fraction of sp³-hybridized carbons (Fsp3) is 0.571. The normalized spacial score (nSPS) is 18.8. The Labute approximate surface area is 122 Å². The van der Waals surface area contributed by atoms with Gasteiger partial charge >= 0.3 is 0 Å². The zero-order chi connectivity index (χ0) is 13.0. The van der Waals surface area contributed by atoms with Crippen LogP contribution in [0.3, 0.4) is 0 Å². The Morgan fingerprint density at radius 3 is 2.67 bits per heavy atom. The summed E-state index contributed by atoms with van der Waals surface area (Å²) in [6, 6.07) is 6.12. The first-order valence-corrected chi connectivity index (χ1v) is 7.79. The largest absolute Gasteiger partial charge is 0.271 e. The minimum atomic E-state index is 0.208. The van der Waals surface area contributed by atoms with Gasteiger partial charge < -0.3 is 0 Å². The Morgan fingerprint density at radius 1 is 1.33 bits per heavy atom. The highest BCUT2D eigenvalue weighted by Crippen LogP contribution is 2.34. The van der Waals surface area contributed by atoms with E-state index in [4.69, 9.17) is 17.4 Å². The molecular formula is C14H20BrClN2. The summed E-state index contributed by atoms with van der Waals surface area (Å²) in [7, 11) is 0. The first-order valence-electron chi connectivity index (χ1n) is 6.62. The van der Waals surface area contributed by atoms with E-state index in [0.717, 1.165) is 21.8 Å². The van der Waals surface area contributed by atoms with Gasteiger partial charge in [0.25, 0.3) is 0 Å². The lowest BCUT2D eigenvalue weighted by atomic mass is 9.83. The Kier molecular flexibility index (Phi) is 5.49. The number of hydrazine groups is 1. The third-order valence-electron chi connectivity index (χ3n) is 3.83. The summed E-state index contributed by atoms with van der Waals surface area (Å²) in [6.07, 6.45) is 7.90. The highest BCUT2D eigenvalue weighted by Gasteiger charge is 2.20. The predicted octanol–water partition coefficient (Wildman–Crippen LogP) is 4.58. The lowest BCUT2D eigenvalue weighted by Crippen LogP contribution is -2.30. The number of rotatable bonds is 4. The van der Waals surface area contributed by atoms with Crippen molar-refractivity contribution in [1.82, 2.24) is 5.43 Å². The van der Waals surface area contributed by atoms with Crippen molar-refractivity contribution in [3.05, 3.63) is 33.3 Å². The summed E-state index contributed by atoms with van der Waals surface area (Å²) in [5.41, 5.74) is 4.15. The zero-order valence-corrected chi connectivity index (χ0v) is 12.8. The predicted molar refractivity (Wildman–Crippen MR) is 80.4 cm³/mol. The van der Waals surface area contributed by atoms with Crippen LogP contribution in [-0.4, -0.2) is 0 Å². The van der Waals surface area contributed by atoms with Crippen molar-refractivity contribution in [2.75, 3.05) is 0 Å². The number of hydrogen-bond donors (Lipinski definition) is 2. The van der Waals surface area contributed by atoms with Crippen LogP contribution in [0.15, 0.2) is 22.7 Å². The fourth-order valence-electron chi connectivity index (χ4n) is 2.83. The Morgan fingerprint density at radius 2 is 2.06 bits per heavy atom. The SMILES string of the molecule is NNC(CC1CCCCC1)c1ccc(Cl)cc1Br. The molecule has 100 valence electrons. The molecule has 0 radical (unpaired) electrons. The molecule has 0 aromatic heterocycles. The van der Waals surface area contributed by atoms with Gasteiger partial charge in [0.05, 0.1) is 0 Å². The van der Waals surface area contributed by atoms with Gasteiger partial charge in [0.15, 0.2) is 0 Å². The van der Waals surface area contributed by atoms with Crippen LogP contribution in [0.2, 0.25) is 5.02 Å². The molecule has 1 aliphatic carbocycles. The highest BCUT2D eigenvalue weighted by molar-refractivity contribution is 9.10. The van der Waals surface area contributed by atoms with Gasteiger partial charge in [-0.15, -0.1) is 0 Å². The molecule has 2 nitrogen and oxygen atoms in total. The van der Waals surface area contributed by atoms with E-state index >= 15 is 0 Å². The standard InChI is InChI=1S/C14H20BrClN2/c15-13-9-11(16)6-7-12(13)14(18-17)8-10-4-2-1-3-5-10/h6-7,9-10,14,18H,1-5,8,17H2. The molecule has 1 aromatic rings. The maximum Gasteiger partial charge on any atom is 0.0473 e. The molecule has 1 aliphatic rings. The topological polar surface area (TPSA) is 38.0 Å². The van der Waals surface area contributed by atoms with Crippen LogP contribution in [0.1, 0.15) is 50.1 Å². The van der Waals surface area contributed by atoms with Crippen LogP contribution in [0.25, 0.3) is 0 Å². The lowest BCUT2D eigenvalue weighted by Gasteiger charge is -2.27. The summed E-state index contributed by atoms with van der Waals surface area (Å²) in [4.78, 5) is 0. The molecule has 1 fully saturated rings. The summed E-state index contributed by atoms with van der Waals surface area (Å²) in [5, 5.41) is 0.749. The zero-order valence-electron chi connectivity index (χ0n) is 10.5. The van der Waals surface area contributed by atoms with Gasteiger partial charge in [-0.2, -0.15) is 0 Å². The van der Waals surface area contributed by atoms with Crippen molar-refractivity contribution in [1.29, 1.82) is 0 Å². The van der Waals surface area contributed by atoms with E-state index in [9.17, 15) is 0 Å². The number of nitrogens with one attached hydrogen (secondary N) is 1. The van der Waals surface area contributed by atoms with Gasteiger partial charge in [0, 0.05) is 15.5 Å². The van der Waals surface area contributed by atoms with Crippen molar-refractivity contribution in [2.45, 2.75) is 44.6 Å². The van der Waals surface area contributed by atoms with E-state index in [1.807, 2.05) is 12.1 Å². The molecule has 0 spiro atoms. The van der Waals surface area contributed by atoms with Crippen LogP contribution >= 0.6 is 27.5 Å². The molecule has 0 aliphatic heterocycles. The molecule has 0 bridgehead atoms. The average molecular weight is 332 g/mol. The van der Waals surface area contributed by atoms with Crippen LogP contribution in [-0.2, 0) is 0 Å². The van der Waals surface area contributed by atoms with E-state index in [1.165, 1.54) is 37.7 Å². The number of hydrogen-bond acceptors (Lipinski definition) is 2. The molecule has 1 atom stereocenters. The molecule has 1 aromatic carbocycles. The quantitative estimate of drug-likeness (QED) is 0.626. The first kappa shape index (κ1) is 14.3. The maximum absolute atomic E-state index is 5.98. The van der Waals surface area contributed by atoms with Crippen LogP contribution in [0.5, 0.6) is 0 Å². The van der Waals surface area contributed by atoms with Crippen molar-refractivity contribution < 1.29 is 0 Å². The number of benzene rings is 1. The van der Waals surface area contributed by atoms with Crippen molar-refractivity contribution >= 4 is 27.5 Å². The molecule has 0 saturated heterocycles. The van der Waals surface area contributed by atoms with E-state index in [2.05, 4.69) is 27.4 Å². The van der Waals surface area contributed by atoms with Crippen LogP contribution < -0.4 is 11.3 Å².